The fraction of sp³-hybridized carbons (Fsp3) is 0.545. The van der Waals surface area contributed by atoms with E-state index in [1.165, 1.54) is 4.31 Å². The Kier molecular flexibility index (Phi) is 5.52. The fourth-order valence-corrected chi connectivity index (χ4v) is 3.54. The fourth-order valence-electron chi connectivity index (χ4n) is 1.99. The van der Waals surface area contributed by atoms with E-state index in [-0.39, 0.29) is 24.2 Å². The van der Waals surface area contributed by atoms with Gasteiger partial charge in [0.05, 0.1) is 5.69 Å². The number of nitrogens with two attached hydrogens (primary N) is 1. The summed E-state index contributed by atoms with van der Waals surface area (Å²) in [5, 5.41) is 0. The van der Waals surface area contributed by atoms with E-state index >= 15 is 0 Å². The van der Waals surface area contributed by atoms with Crippen molar-refractivity contribution < 1.29 is 8.42 Å². The van der Waals surface area contributed by atoms with Gasteiger partial charge in [-0.25, -0.2) is 12.7 Å². The van der Waals surface area contributed by atoms with Crippen LogP contribution in [0.2, 0.25) is 0 Å². The predicted octanol–water partition coefficient (Wildman–Crippen LogP) is 0.756. The van der Waals surface area contributed by atoms with Crippen molar-refractivity contribution >= 4 is 22.4 Å². The van der Waals surface area contributed by atoms with Crippen molar-refractivity contribution in [1.82, 2.24) is 9.29 Å². The molecule has 1 aliphatic rings. The molecule has 0 radical (unpaired) electrons. The summed E-state index contributed by atoms with van der Waals surface area (Å²) in [6.45, 7) is 0.998. The minimum Gasteiger partial charge on any atom is -0.327 e. The zero-order valence-electron chi connectivity index (χ0n) is 10.0. The maximum atomic E-state index is 12.1. The molecule has 1 unspecified atom stereocenters. The molecule has 1 aliphatic heterocycles. The first-order chi connectivity index (χ1) is 8.08. The highest BCUT2D eigenvalue weighted by Crippen LogP contribution is 2.15. The number of piperidine rings is 1. The molecule has 1 aromatic heterocycles. The Hall–Kier alpha value is -0.690. The first kappa shape index (κ1) is 15.4. The second-order valence-corrected chi connectivity index (χ2v) is 6.31. The van der Waals surface area contributed by atoms with Crippen LogP contribution in [0.4, 0.5) is 0 Å². The summed E-state index contributed by atoms with van der Waals surface area (Å²) in [5.74, 6) is -0.0411. The summed E-state index contributed by atoms with van der Waals surface area (Å²) in [6, 6.07) is 5.25. The number of rotatable bonds is 3. The smallest absolute Gasteiger partial charge is 0.219 e. The molecule has 0 spiro atoms. The van der Waals surface area contributed by atoms with E-state index in [9.17, 15) is 8.42 Å². The van der Waals surface area contributed by atoms with Gasteiger partial charge in [-0.1, -0.05) is 6.07 Å². The first-order valence-corrected chi connectivity index (χ1v) is 7.32. The number of hydrogen-bond acceptors (Lipinski definition) is 4. The lowest BCUT2D eigenvalue weighted by Gasteiger charge is -2.29. The average molecular weight is 292 g/mol. The van der Waals surface area contributed by atoms with Gasteiger partial charge in [0.2, 0.25) is 10.0 Å². The minimum atomic E-state index is -3.28. The molecule has 7 heteroatoms. The summed E-state index contributed by atoms with van der Waals surface area (Å²) >= 11 is 0. The molecular weight excluding hydrogens is 274 g/mol. The highest BCUT2D eigenvalue weighted by molar-refractivity contribution is 7.88. The summed E-state index contributed by atoms with van der Waals surface area (Å²) in [4.78, 5) is 4.04. The van der Waals surface area contributed by atoms with Gasteiger partial charge >= 0.3 is 0 Å². The largest absolute Gasteiger partial charge is 0.327 e. The van der Waals surface area contributed by atoms with Crippen LogP contribution >= 0.6 is 12.4 Å². The third-order valence-electron chi connectivity index (χ3n) is 2.87. The van der Waals surface area contributed by atoms with Crippen LogP contribution < -0.4 is 5.73 Å². The number of aromatic nitrogens is 1. The number of nitrogens with zero attached hydrogens (tertiary/aromatic N) is 2. The third-order valence-corrected chi connectivity index (χ3v) is 4.65. The van der Waals surface area contributed by atoms with Crippen LogP contribution in [-0.2, 0) is 15.8 Å². The summed E-state index contributed by atoms with van der Waals surface area (Å²) in [6.07, 6.45) is 3.34. The van der Waals surface area contributed by atoms with E-state index < -0.39 is 10.0 Å². The van der Waals surface area contributed by atoms with Crippen LogP contribution in [0.3, 0.4) is 0 Å². The average Bonchev–Trinajstić information content (AvgIpc) is 2.30. The maximum absolute atomic E-state index is 12.1. The van der Waals surface area contributed by atoms with Crippen LogP contribution in [0, 0.1) is 0 Å². The van der Waals surface area contributed by atoms with Crippen molar-refractivity contribution in [3.8, 4) is 0 Å². The maximum Gasteiger partial charge on any atom is 0.219 e. The molecule has 0 amide bonds. The number of sulfonamides is 1. The molecule has 0 saturated carbocycles. The minimum absolute atomic E-state index is 0. The van der Waals surface area contributed by atoms with E-state index in [0.29, 0.717) is 18.8 Å². The Morgan fingerprint density at radius 1 is 1.44 bits per heavy atom. The molecule has 2 rings (SSSR count). The zero-order chi connectivity index (χ0) is 12.3. The van der Waals surface area contributed by atoms with Crippen LogP contribution in [0.15, 0.2) is 24.4 Å². The van der Waals surface area contributed by atoms with Crippen molar-refractivity contribution in [3.05, 3.63) is 30.1 Å². The van der Waals surface area contributed by atoms with Crippen molar-refractivity contribution in [2.75, 3.05) is 13.1 Å². The van der Waals surface area contributed by atoms with E-state index in [0.717, 1.165) is 12.8 Å². The second kappa shape index (κ2) is 6.47. The lowest BCUT2D eigenvalue weighted by Crippen LogP contribution is -2.46. The van der Waals surface area contributed by atoms with Crippen molar-refractivity contribution in [1.29, 1.82) is 0 Å². The highest BCUT2D eigenvalue weighted by atomic mass is 35.5. The number of halogens is 1. The monoisotopic (exact) mass is 291 g/mol. The lowest BCUT2D eigenvalue weighted by atomic mass is 10.1. The Bertz CT molecular complexity index is 466. The first-order valence-electron chi connectivity index (χ1n) is 5.71. The van der Waals surface area contributed by atoms with E-state index in [2.05, 4.69) is 4.98 Å². The van der Waals surface area contributed by atoms with Crippen LogP contribution in [0.5, 0.6) is 0 Å². The van der Waals surface area contributed by atoms with E-state index in [1.807, 2.05) is 0 Å². The lowest BCUT2D eigenvalue weighted by molar-refractivity contribution is 0.315. The summed E-state index contributed by atoms with van der Waals surface area (Å²) < 4.78 is 25.7. The third kappa shape index (κ3) is 3.91. The van der Waals surface area contributed by atoms with Crippen LogP contribution in [0.1, 0.15) is 18.5 Å². The Labute approximate surface area is 114 Å². The molecule has 1 fully saturated rings. The van der Waals surface area contributed by atoms with E-state index in [1.54, 1.807) is 24.4 Å². The molecule has 1 saturated heterocycles. The van der Waals surface area contributed by atoms with Gasteiger partial charge in [0, 0.05) is 25.3 Å². The normalized spacial score (nSPS) is 21.3. The van der Waals surface area contributed by atoms with Gasteiger partial charge in [-0.05, 0) is 25.0 Å². The Morgan fingerprint density at radius 2 is 2.22 bits per heavy atom. The van der Waals surface area contributed by atoms with E-state index in [4.69, 9.17) is 5.73 Å². The van der Waals surface area contributed by atoms with Crippen LogP contribution in [-0.4, -0.2) is 36.8 Å². The molecule has 1 atom stereocenters. The zero-order valence-corrected chi connectivity index (χ0v) is 11.7. The second-order valence-electron chi connectivity index (χ2n) is 4.34. The van der Waals surface area contributed by atoms with Gasteiger partial charge in [0.25, 0.3) is 0 Å². The molecule has 102 valence electrons. The highest BCUT2D eigenvalue weighted by Gasteiger charge is 2.27. The topological polar surface area (TPSA) is 76.3 Å². The van der Waals surface area contributed by atoms with Gasteiger partial charge in [0.1, 0.15) is 5.75 Å². The van der Waals surface area contributed by atoms with Gasteiger partial charge in [-0.3, -0.25) is 4.98 Å². The Balaban J connectivity index is 0.00000162. The quantitative estimate of drug-likeness (QED) is 0.892. The standard InChI is InChI=1S/C11H17N3O2S.ClH/c12-10-4-3-7-14(8-10)17(15,16)9-11-5-1-2-6-13-11;/h1-2,5-6,10H,3-4,7-9,12H2;1H. The molecule has 5 nitrogen and oxygen atoms in total. The molecule has 0 bridgehead atoms. The molecule has 2 heterocycles. The van der Waals surface area contributed by atoms with Crippen molar-refractivity contribution in [3.63, 3.8) is 0 Å². The molecule has 18 heavy (non-hydrogen) atoms. The summed E-state index contributed by atoms with van der Waals surface area (Å²) in [5.41, 5.74) is 6.37. The van der Waals surface area contributed by atoms with Crippen molar-refractivity contribution in [2.24, 2.45) is 5.73 Å². The van der Waals surface area contributed by atoms with Gasteiger partial charge in [-0.2, -0.15) is 0 Å². The molecule has 2 N–H and O–H groups in total. The predicted molar refractivity (Wildman–Crippen MR) is 72.9 cm³/mol. The number of pyridine rings is 1. The van der Waals surface area contributed by atoms with Gasteiger partial charge < -0.3 is 5.73 Å². The molecule has 0 aliphatic carbocycles. The SMILES string of the molecule is Cl.NC1CCCN(S(=O)(=O)Cc2ccccn2)C1. The van der Waals surface area contributed by atoms with Gasteiger partial charge in [0.15, 0.2) is 0 Å². The van der Waals surface area contributed by atoms with Crippen molar-refractivity contribution in [2.45, 2.75) is 24.6 Å². The molecule has 1 aromatic rings. The Morgan fingerprint density at radius 3 is 2.83 bits per heavy atom. The molecular formula is C11H18ClN3O2S. The number of hydrogen-bond donors (Lipinski definition) is 1. The van der Waals surface area contributed by atoms with Crippen LogP contribution in [0.25, 0.3) is 0 Å². The van der Waals surface area contributed by atoms with Gasteiger partial charge in [-0.15, -0.1) is 12.4 Å². The molecule has 0 aromatic carbocycles. The summed E-state index contributed by atoms with van der Waals surface area (Å²) in [7, 11) is -3.28.